The Labute approximate surface area is 210 Å². The Morgan fingerprint density at radius 1 is 1.00 bits per heavy atom. The molecule has 3 aromatic rings. The second kappa shape index (κ2) is 10.4. The minimum absolute atomic E-state index is 0.0969. The Morgan fingerprint density at radius 2 is 1.57 bits per heavy atom. The highest BCUT2D eigenvalue weighted by atomic mass is 16.3. The molecule has 35 heavy (non-hydrogen) atoms. The van der Waals surface area contributed by atoms with Crippen molar-refractivity contribution in [2.24, 2.45) is 0 Å². The molecule has 0 saturated heterocycles. The van der Waals surface area contributed by atoms with E-state index in [9.17, 15) is 9.90 Å². The van der Waals surface area contributed by atoms with Gasteiger partial charge in [0.2, 0.25) is 5.89 Å². The normalized spacial score (nSPS) is 12.4. The fourth-order valence-corrected chi connectivity index (χ4v) is 4.06. The van der Waals surface area contributed by atoms with Gasteiger partial charge in [0.05, 0.1) is 5.69 Å². The minimum Gasteiger partial charge on any atom is -0.507 e. The van der Waals surface area contributed by atoms with Crippen LogP contribution in [0, 0.1) is 0 Å². The van der Waals surface area contributed by atoms with Crippen molar-refractivity contribution in [2.75, 3.05) is 13.6 Å². The van der Waals surface area contributed by atoms with E-state index in [1.807, 2.05) is 36.4 Å². The van der Waals surface area contributed by atoms with Gasteiger partial charge in [-0.05, 0) is 42.1 Å². The van der Waals surface area contributed by atoms with E-state index >= 15 is 0 Å². The maximum absolute atomic E-state index is 12.7. The smallest absolute Gasteiger partial charge is 0.226 e. The summed E-state index contributed by atoms with van der Waals surface area (Å²) < 4.78 is 5.82. The first-order valence-corrected chi connectivity index (χ1v) is 12.4. The molecule has 0 unspecified atom stereocenters. The van der Waals surface area contributed by atoms with E-state index in [1.165, 1.54) is 5.56 Å². The molecule has 0 radical (unpaired) electrons. The molecule has 0 fully saturated rings. The zero-order chi connectivity index (χ0) is 26.0. The Kier molecular flexibility index (Phi) is 7.90. The molecule has 0 bridgehead atoms. The quantitative estimate of drug-likeness (QED) is 0.358. The van der Waals surface area contributed by atoms with Crippen LogP contribution in [0.25, 0.3) is 11.5 Å². The van der Waals surface area contributed by atoms with E-state index in [1.54, 1.807) is 6.26 Å². The fraction of sp³-hybridized carbons (Fsp3) is 0.467. The van der Waals surface area contributed by atoms with Crippen LogP contribution in [0.4, 0.5) is 0 Å². The summed E-state index contributed by atoms with van der Waals surface area (Å²) in [4.78, 5) is 19.6. The van der Waals surface area contributed by atoms with Crippen molar-refractivity contribution in [1.29, 1.82) is 0 Å². The molecule has 1 N–H and O–H groups in total. The highest BCUT2D eigenvalue weighted by molar-refractivity contribution is 5.96. The number of oxazole rings is 1. The molecular formula is C30H40N2O3. The van der Waals surface area contributed by atoms with Crippen LogP contribution in [-0.2, 0) is 23.8 Å². The summed E-state index contributed by atoms with van der Waals surface area (Å²) in [6, 6.07) is 11.8. The van der Waals surface area contributed by atoms with Gasteiger partial charge in [0.15, 0.2) is 5.78 Å². The molecule has 5 heteroatoms. The number of phenolic OH excluding ortho intramolecular Hbond substituents is 1. The molecule has 1 heterocycles. The number of Topliss-reactive ketones (excluding diaryl/α,β-unsaturated/α-hetero) is 1. The molecule has 188 valence electrons. The molecular weight excluding hydrogens is 436 g/mol. The standard InChI is InChI=1S/C30H40N2O3/c1-9-32(8)18-20-10-12-21(13-11-20)26(33)15-14-23-19-35-28(31-23)22-16-24(29(2,3)4)27(34)25(17-22)30(5,6)7/h10-13,16-17,19,34H,9,14-15,18H2,1-8H3. The maximum atomic E-state index is 12.7. The Morgan fingerprint density at radius 3 is 2.09 bits per heavy atom. The summed E-state index contributed by atoms with van der Waals surface area (Å²) in [5, 5.41) is 11.0. The lowest BCUT2D eigenvalue weighted by Crippen LogP contribution is -2.17. The number of carbonyl (C=O) groups excluding carboxylic acids is 1. The highest BCUT2D eigenvalue weighted by Crippen LogP contribution is 2.41. The van der Waals surface area contributed by atoms with Crippen LogP contribution in [-0.4, -0.2) is 34.4 Å². The van der Waals surface area contributed by atoms with Gasteiger partial charge in [0, 0.05) is 41.6 Å². The van der Waals surface area contributed by atoms with E-state index < -0.39 is 0 Å². The number of aromatic hydroxyl groups is 1. The largest absolute Gasteiger partial charge is 0.507 e. The van der Waals surface area contributed by atoms with E-state index in [0.717, 1.165) is 41.0 Å². The third kappa shape index (κ3) is 6.61. The Balaban J connectivity index is 1.76. The predicted octanol–water partition coefficient (Wildman–Crippen LogP) is 6.91. The molecule has 0 aliphatic rings. The van der Waals surface area contributed by atoms with Crippen molar-refractivity contribution in [3.63, 3.8) is 0 Å². The van der Waals surface area contributed by atoms with Gasteiger partial charge < -0.3 is 14.4 Å². The molecule has 0 saturated carbocycles. The summed E-state index contributed by atoms with van der Waals surface area (Å²) in [5.74, 6) is 0.936. The number of nitrogens with zero attached hydrogens (tertiary/aromatic N) is 2. The van der Waals surface area contributed by atoms with Crippen LogP contribution in [0.15, 0.2) is 47.1 Å². The van der Waals surface area contributed by atoms with Gasteiger partial charge in [-0.3, -0.25) is 4.79 Å². The number of aromatic nitrogens is 1. The lowest BCUT2D eigenvalue weighted by Gasteiger charge is -2.27. The average Bonchev–Trinajstić information content (AvgIpc) is 3.25. The summed E-state index contributed by atoms with van der Waals surface area (Å²) in [6.07, 6.45) is 2.52. The number of benzene rings is 2. The van der Waals surface area contributed by atoms with Gasteiger partial charge in [0.1, 0.15) is 12.0 Å². The zero-order valence-electron chi connectivity index (χ0n) is 22.5. The number of hydrogen-bond donors (Lipinski definition) is 1. The number of aryl methyl sites for hydroxylation is 1. The molecule has 1 aromatic heterocycles. The lowest BCUT2D eigenvalue weighted by molar-refractivity contribution is 0.0982. The highest BCUT2D eigenvalue weighted by Gasteiger charge is 2.27. The van der Waals surface area contributed by atoms with Crippen molar-refractivity contribution < 1.29 is 14.3 Å². The van der Waals surface area contributed by atoms with Crippen LogP contribution < -0.4 is 0 Å². The fourth-order valence-electron chi connectivity index (χ4n) is 4.06. The number of phenols is 1. The van der Waals surface area contributed by atoms with Crippen LogP contribution in [0.3, 0.4) is 0 Å². The monoisotopic (exact) mass is 476 g/mol. The maximum Gasteiger partial charge on any atom is 0.226 e. The van der Waals surface area contributed by atoms with Gasteiger partial charge >= 0.3 is 0 Å². The van der Waals surface area contributed by atoms with Gasteiger partial charge in [-0.25, -0.2) is 4.98 Å². The first-order valence-electron chi connectivity index (χ1n) is 12.4. The van der Waals surface area contributed by atoms with Crippen molar-refractivity contribution >= 4 is 5.78 Å². The van der Waals surface area contributed by atoms with Crippen LogP contribution >= 0.6 is 0 Å². The van der Waals surface area contributed by atoms with Crippen LogP contribution in [0.2, 0.25) is 0 Å². The second-order valence-corrected chi connectivity index (χ2v) is 11.5. The summed E-state index contributed by atoms with van der Waals surface area (Å²) in [7, 11) is 2.08. The van der Waals surface area contributed by atoms with Gasteiger partial charge in [-0.15, -0.1) is 0 Å². The zero-order valence-corrected chi connectivity index (χ0v) is 22.5. The first kappa shape index (κ1) is 26.7. The van der Waals surface area contributed by atoms with Crippen LogP contribution in [0.1, 0.15) is 87.6 Å². The summed E-state index contributed by atoms with van der Waals surface area (Å²) in [6.45, 7) is 16.5. The van der Waals surface area contributed by atoms with E-state index in [0.29, 0.717) is 24.5 Å². The molecule has 0 aliphatic carbocycles. The second-order valence-electron chi connectivity index (χ2n) is 11.5. The van der Waals surface area contributed by atoms with Crippen molar-refractivity contribution in [3.05, 3.63) is 70.6 Å². The molecule has 3 rings (SSSR count). The van der Waals surface area contributed by atoms with E-state index in [2.05, 4.69) is 65.4 Å². The number of carbonyl (C=O) groups is 1. The van der Waals surface area contributed by atoms with E-state index in [-0.39, 0.29) is 16.6 Å². The van der Waals surface area contributed by atoms with Crippen molar-refractivity contribution in [2.45, 2.75) is 78.7 Å². The van der Waals surface area contributed by atoms with Gasteiger partial charge in [-0.2, -0.15) is 0 Å². The average molecular weight is 477 g/mol. The number of hydrogen-bond acceptors (Lipinski definition) is 5. The molecule has 0 amide bonds. The topological polar surface area (TPSA) is 66.6 Å². The number of ketones is 1. The van der Waals surface area contributed by atoms with Crippen LogP contribution in [0.5, 0.6) is 5.75 Å². The van der Waals surface area contributed by atoms with Crippen molar-refractivity contribution in [1.82, 2.24) is 9.88 Å². The van der Waals surface area contributed by atoms with Crippen molar-refractivity contribution in [3.8, 4) is 17.2 Å². The lowest BCUT2D eigenvalue weighted by atomic mass is 9.78. The molecule has 5 nitrogen and oxygen atoms in total. The third-order valence-corrected chi connectivity index (χ3v) is 6.40. The molecule has 0 atom stereocenters. The minimum atomic E-state index is -0.233. The molecule has 0 spiro atoms. The first-order chi connectivity index (χ1) is 16.3. The predicted molar refractivity (Wildman–Crippen MR) is 142 cm³/mol. The van der Waals surface area contributed by atoms with E-state index in [4.69, 9.17) is 4.42 Å². The Bertz CT molecular complexity index is 1130. The van der Waals surface area contributed by atoms with Gasteiger partial charge in [0.25, 0.3) is 0 Å². The third-order valence-electron chi connectivity index (χ3n) is 6.40. The van der Waals surface area contributed by atoms with Gasteiger partial charge in [-0.1, -0.05) is 72.7 Å². The molecule has 2 aromatic carbocycles. The summed E-state index contributed by atoms with van der Waals surface area (Å²) >= 11 is 0. The SMILES string of the molecule is CCN(C)Cc1ccc(C(=O)CCc2coc(-c3cc(C(C)(C)C)c(O)c(C(C)(C)C)c3)n2)cc1. The Hall–Kier alpha value is -2.92. The molecule has 0 aliphatic heterocycles. The number of rotatable bonds is 8. The summed E-state index contributed by atoms with van der Waals surface area (Å²) in [5.41, 5.74) is 4.77.